The van der Waals surface area contributed by atoms with Crippen molar-refractivity contribution in [1.82, 2.24) is 5.16 Å². The zero-order valence-corrected chi connectivity index (χ0v) is 9.60. The molecule has 0 amide bonds. The number of benzene rings is 1. The monoisotopic (exact) mass is 245 g/mol. The van der Waals surface area contributed by atoms with Gasteiger partial charge in [0.1, 0.15) is 5.75 Å². The van der Waals surface area contributed by atoms with E-state index in [1.54, 1.807) is 19.2 Å². The Morgan fingerprint density at radius 2 is 2.27 bits per heavy atom. The van der Waals surface area contributed by atoms with Crippen molar-refractivity contribution < 1.29 is 9.26 Å². The summed E-state index contributed by atoms with van der Waals surface area (Å²) >= 11 is 11.7. The third kappa shape index (κ3) is 1.90. The first-order valence-corrected chi connectivity index (χ1v) is 5.35. The molecule has 2 aromatic rings. The Bertz CT molecular complexity index is 481. The average Bonchev–Trinajstić information content (AvgIpc) is 2.61. The third-order valence-electron chi connectivity index (χ3n) is 2.15. The van der Waals surface area contributed by atoms with Gasteiger partial charge in [0, 0.05) is 23.8 Å². The first-order chi connectivity index (χ1) is 7.26. The predicted octanol–water partition coefficient (Wildman–Crippen LogP) is 3.27. The number of ether oxygens (including phenoxy) is 1. The molecule has 0 aliphatic heterocycles. The minimum atomic E-state index is 0.505. The SMILES string of the molecule is COc1cc2onc(CCCl)c2cc1Cl. The molecule has 1 heterocycles. The van der Waals surface area contributed by atoms with Crippen molar-refractivity contribution in [2.24, 2.45) is 0 Å². The molecule has 15 heavy (non-hydrogen) atoms. The van der Waals surface area contributed by atoms with Crippen LogP contribution in [0.15, 0.2) is 16.7 Å². The van der Waals surface area contributed by atoms with Gasteiger partial charge >= 0.3 is 0 Å². The second-order valence-electron chi connectivity index (χ2n) is 3.05. The number of hydrogen-bond acceptors (Lipinski definition) is 3. The Morgan fingerprint density at radius 3 is 2.93 bits per heavy atom. The van der Waals surface area contributed by atoms with Gasteiger partial charge in [0.05, 0.1) is 17.8 Å². The molecule has 2 rings (SSSR count). The van der Waals surface area contributed by atoms with E-state index in [4.69, 9.17) is 32.5 Å². The maximum atomic E-state index is 6.00. The molecule has 0 N–H and O–H groups in total. The summed E-state index contributed by atoms with van der Waals surface area (Å²) in [5, 5.41) is 5.36. The van der Waals surface area contributed by atoms with Gasteiger partial charge in [-0.3, -0.25) is 0 Å². The molecular formula is C10H9Cl2NO2. The molecule has 0 spiro atoms. The van der Waals surface area contributed by atoms with Crippen molar-refractivity contribution in [2.75, 3.05) is 13.0 Å². The van der Waals surface area contributed by atoms with Crippen LogP contribution in [0.3, 0.4) is 0 Å². The molecule has 0 bridgehead atoms. The number of fused-ring (bicyclic) bond motifs is 1. The number of aromatic nitrogens is 1. The van der Waals surface area contributed by atoms with Crippen molar-refractivity contribution in [3.8, 4) is 5.75 Å². The van der Waals surface area contributed by atoms with Crippen LogP contribution >= 0.6 is 23.2 Å². The van der Waals surface area contributed by atoms with Crippen molar-refractivity contribution in [2.45, 2.75) is 6.42 Å². The minimum absolute atomic E-state index is 0.505. The molecule has 0 fully saturated rings. The van der Waals surface area contributed by atoms with E-state index in [1.807, 2.05) is 0 Å². The van der Waals surface area contributed by atoms with Gasteiger partial charge in [-0.2, -0.15) is 0 Å². The topological polar surface area (TPSA) is 35.3 Å². The molecular weight excluding hydrogens is 237 g/mol. The van der Waals surface area contributed by atoms with E-state index in [0.717, 1.165) is 11.1 Å². The lowest BCUT2D eigenvalue weighted by Crippen LogP contribution is -1.87. The number of hydrogen-bond donors (Lipinski definition) is 0. The van der Waals surface area contributed by atoms with Crippen molar-refractivity contribution in [1.29, 1.82) is 0 Å². The number of halogens is 2. The van der Waals surface area contributed by atoms with Gasteiger partial charge in [-0.15, -0.1) is 11.6 Å². The van der Waals surface area contributed by atoms with Gasteiger partial charge in [0.15, 0.2) is 5.58 Å². The maximum absolute atomic E-state index is 6.00. The summed E-state index contributed by atoms with van der Waals surface area (Å²) in [6.07, 6.45) is 0.664. The predicted molar refractivity (Wildman–Crippen MR) is 60.0 cm³/mol. The van der Waals surface area contributed by atoms with Gasteiger partial charge in [-0.25, -0.2) is 0 Å². The lowest BCUT2D eigenvalue weighted by Gasteiger charge is -2.01. The highest BCUT2D eigenvalue weighted by Crippen LogP contribution is 2.31. The standard InChI is InChI=1S/C10H9Cl2NO2/c1-14-10-5-9-6(4-7(10)12)8(2-3-11)13-15-9/h4-5H,2-3H2,1H3. The van der Waals surface area contributed by atoms with Gasteiger partial charge in [-0.05, 0) is 6.07 Å². The fourth-order valence-electron chi connectivity index (χ4n) is 1.42. The van der Waals surface area contributed by atoms with Crippen LogP contribution < -0.4 is 4.74 Å². The summed E-state index contributed by atoms with van der Waals surface area (Å²) in [6, 6.07) is 3.51. The average molecular weight is 246 g/mol. The van der Waals surface area contributed by atoms with Crippen LogP contribution in [0.2, 0.25) is 5.02 Å². The van der Waals surface area contributed by atoms with Gasteiger partial charge in [0.25, 0.3) is 0 Å². The third-order valence-corrected chi connectivity index (χ3v) is 2.63. The van der Waals surface area contributed by atoms with Crippen molar-refractivity contribution in [3.05, 3.63) is 22.8 Å². The summed E-state index contributed by atoms with van der Waals surface area (Å²) in [7, 11) is 1.56. The zero-order valence-electron chi connectivity index (χ0n) is 8.09. The zero-order chi connectivity index (χ0) is 10.8. The number of rotatable bonds is 3. The van der Waals surface area contributed by atoms with E-state index < -0.39 is 0 Å². The van der Waals surface area contributed by atoms with Crippen molar-refractivity contribution >= 4 is 34.2 Å². The summed E-state index contributed by atoms with van der Waals surface area (Å²) in [4.78, 5) is 0. The Balaban J connectivity index is 2.57. The highest BCUT2D eigenvalue weighted by molar-refractivity contribution is 6.32. The molecule has 1 aromatic carbocycles. The molecule has 0 unspecified atom stereocenters. The quantitative estimate of drug-likeness (QED) is 0.779. The summed E-state index contributed by atoms with van der Waals surface area (Å²) < 4.78 is 10.2. The lowest BCUT2D eigenvalue weighted by molar-refractivity contribution is 0.411. The summed E-state index contributed by atoms with van der Waals surface area (Å²) in [5.41, 5.74) is 1.49. The van der Waals surface area contributed by atoms with Gasteiger partial charge < -0.3 is 9.26 Å². The maximum Gasteiger partial charge on any atom is 0.170 e. The summed E-state index contributed by atoms with van der Waals surface area (Å²) in [5.74, 6) is 1.09. The number of alkyl halides is 1. The smallest absolute Gasteiger partial charge is 0.170 e. The summed E-state index contributed by atoms with van der Waals surface area (Å²) in [6.45, 7) is 0. The molecule has 0 radical (unpaired) electrons. The molecule has 0 aliphatic carbocycles. The molecule has 1 aromatic heterocycles. The molecule has 0 aliphatic rings. The van der Waals surface area contributed by atoms with E-state index >= 15 is 0 Å². The van der Waals surface area contributed by atoms with Crippen LogP contribution in [0.25, 0.3) is 11.0 Å². The Morgan fingerprint density at radius 1 is 1.47 bits per heavy atom. The molecule has 0 atom stereocenters. The first-order valence-electron chi connectivity index (χ1n) is 4.44. The van der Waals surface area contributed by atoms with E-state index in [0.29, 0.717) is 28.7 Å². The molecule has 5 heteroatoms. The normalized spacial score (nSPS) is 10.9. The fraction of sp³-hybridized carbons (Fsp3) is 0.300. The highest BCUT2D eigenvalue weighted by atomic mass is 35.5. The molecule has 0 saturated carbocycles. The van der Waals surface area contributed by atoms with E-state index in [-0.39, 0.29) is 0 Å². The van der Waals surface area contributed by atoms with Crippen LogP contribution in [-0.2, 0) is 6.42 Å². The lowest BCUT2D eigenvalue weighted by atomic mass is 10.2. The largest absolute Gasteiger partial charge is 0.495 e. The minimum Gasteiger partial charge on any atom is -0.495 e. The molecule has 80 valence electrons. The Kier molecular flexibility index (Phi) is 3.03. The number of aryl methyl sites for hydroxylation is 1. The van der Waals surface area contributed by atoms with Crippen LogP contribution in [0.1, 0.15) is 5.69 Å². The van der Waals surface area contributed by atoms with Crippen LogP contribution in [0.4, 0.5) is 0 Å². The van der Waals surface area contributed by atoms with Crippen LogP contribution in [0.5, 0.6) is 5.75 Å². The van der Waals surface area contributed by atoms with Crippen LogP contribution in [0, 0.1) is 0 Å². The van der Waals surface area contributed by atoms with E-state index in [9.17, 15) is 0 Å². The highest BCUT2D eigenvalue weighted by Gasteiger charge is 2.11. The second-order valence-corrected chi connectivity index (χ2v) is 3.84. The van der Waals surface area contributed by atoms with E-state index in [2.05, 4.69) is 5.16 Å². The van der Waals surface area contributed by atoms with Gasteiger partial charge in [-0.1, -0.05) is 16.8 Å². The second kappa shape index (κ2) is 4.29. The molecule has 0 saturated heterocycles. The van der Waals surface area contributed by atoms with Gasteiger partial charge in [0.2, 0.25) is 0 Å². The Hall–Kier alpha value is -0.930. The first kappa shape index (κ1) is 10.6. The fourth-order valence-corrected chi connectivity index (χ4v) is 1.84. The molecule has 3 nitrogen and oxygen atoms in total. The van der Waals surface area contributed by atoms with Crippen molar-refractivity contribution in [3.63, 3.8) is 0 Å². The van der Waals surface area contributed by atoms with E-state index in [1.165, 1.54) is 0 Å². The van der Waals surface area contributed by atoms with Crippen LogP contribution in [-0.4, -0.2) is 18.1 Å². The number of methoxy groups -OCH3 is 1. The number of nitrogens with zero attached hydrogens (tertiary/aromatic N) is 1. The Labute approximate surface area is 96.9 Å².